The molecule has 0 amide bonds. The van der Waals surface area contributed by atoms with Crippen LogP contribution in [0.3, 0.4) is 0 Å². The number of benzene rings is 1. The first-order valence-electron chi connectivity index (χ1n) is 5.08. The summed E-state index contributed by atoms with van der Waals surface area (Å²) in [6.07, 6.45) is -2.64. The SMILES string of the molecule is OCCc1ccc(C(F)(F)F)c2cccnc12. The van der Waals surface area contributed by atoms with Crippen molar-refractivity contribution in [3.63, 3.8) is 0 Å². The van der Waals surface area contributed by atoms with Crippen molar-refractivity contribution >= 4 is 10.9 Å². The molecule has 0 spiro atoms. The van der Waals surface area contributed by atoms with E-state index in [2.05, 4.69) is 4.98 Å². The maximum Gasteiger partial charge on any atom is 0.417 e. The van der Waals surface area contributed by atoms with E-state index in [9.17, 15) is 13.2 Å². The van der Waals surface area contributed by atoms with Gasteiger partial charge in [-0.3, -0.25) is 4.98 Å². The Kier molecular flexibility index (Phi) is 3.02. The molecule has 0 radical (unpaired) electrons. The highest BCUT2D eigenvalue weighted by Crippen LogP contribution is 2.35. The summed E-state index contributed by atoms with van der Waals surface area (Å²) in [4.78, 5) is 3.96. The number of nitrogens with zero attached hydrogens (tertiary/aromatic N) is 1. The Hall–Kier alpha value is -1.62. The quantitative estimate of drug-likeness (QED) is 0.877. The summed E-state index contributed by atoms with van der Waals surface area (Å²) in [6.45, 7) is -0.114. The largest absolute Gasteiger partial charge is 0.417 e. The number of hydrogen-bond acceptors (Lipinski definition) is 2. The summed E-state index contributed by atoms with van der Waals surface area (Å²) in [7, 11) is 0. The molecule has 0 aliphatic heterocycles. The van der Waals surface area contributed by atoms with Gasteiger partial charge < -0.3 is 5.11 Å². The van der Waals surface area contributed by atoms with Gasteiger partial charge in [0.2, 0.25) is 0 Å². The smallest absolute Gasteiger partial charge is 0.396 e. The summed E-state index contributed by atoms with van der Waals surface area (Å²) < 4.78 is 38.3. The van der Waals surface area contributed by atoms with E-state index in [4.69, 9.17) is 5.11 Å². The number of rotatable bonds is 2. The summed E-state index contributed by atoms with van der Waals surface area (Å²) in [6, 6.07) is 5.27. The van der Waals surface area contributed by atoms with E-state index in [0.717, 1.165) is 6.07 Å². The molecule has 0 saturated heterocycles. The molecule has 0 unspecified atom stereocenters. The fourth-order valence-corrected chi connectivity index (χ4v) is 1.80. The van der Waals surface area contributed by atoms with Gasteiger partial charge in [0.15, 0.2) is 0 Å². The fraction of sp³-hybridized carbons (Fsp3) is 0.250. The van der Waals surface area contributed by atoms with Crippen LogP contribution >= 0.6 is 0 Å². The Balaban J connectivity index is 2.71. The molecule has 0 fully saturated rings. The van der Waals surface area contributed by atoms with Gasteiger partial charge in [-0.15, -0.1) is 0 Å². The van der Waals surface area contributed by atoms with Crippen LogP contribution in [0.5, 0.6) is 0 Å². The Morgan fingerprint density at radius 2 is 1.94 bits per heavy atom. The molecule has 1 N–H and O–H groups in total. The lowest BCUT2D eigenvalue weighted by Crippen LogP contribution is -2.07. The second-order valence-electron chi connectivity index (χ2n) is 3.64. The number of aromatic nitrogens is 1. The molecule has 0 atom stereocenters. The van der Waals surface area contributed by atoms with Crippen LogP contribution in [0, 0.1) is 0 Å². The van der Waals surface area contributed by atoms with Gasteiger partial charge in [0.1, 0.15) is 0 Å². The molecule has 0 aliphatic rings. The minimum atomic E-state index is -4.39. The van der Waals surface area contributed by atoms with Crippen molar-refractivity contribution < 1.29 is 18.3 Å². The number of alkyl halides is 3. The van der Waals surface area contributed by atoms with Crippen LogP contribution in [-0.2, 0) is 12.6 Å². The van der Waals surface area contributed by atoms with Crippen molar-refractivity contribution in [2.75, 3.05) is 6.61 Å². The molecule has 1 aromatic heterocycles. The number of aliphatic hydroxyl groups is 1. The van der Waals surface area contributed by atoms with E-state index in [-0.39, 0.29) is 12.0 Å². The average Bonchev–Trinajstić information content (AvgIpc) is 2.28. The van der Waals surface area contributed by atoms with Crippen molar-refractivity contribution in [2.45, 2.75) is 12.6 Å². The second-order valence-corrected chi connectivity index (χ2v) is 3.64. The molecule has 2 nitrogen and oxygen atoms in total. The van der Waals surface area contributed by atoms with Gasteiger partial charge in [0.25, 0.3) is 0 Å². The third-order valence-corrected chi connectivity index (χ3v) is 2.54. The molecule has 2 aromatic rings. The average molecular weight is 241 g/mol. The van der Waals surface area contributed by atoms with Gasteiger partial charge in [-0.05, 0) is 24.1 Å². The van der Waals surface area contributed by atoms with Crippen LogP contribution in [-0.4, -0.2) is 16.7 Å². The number of halogens is 3. The number of pyridine rings is 1. The normalized spacial score (nSPS) is 12.0. The summed E-state index contributed by atoms with van der Waals surface area (Å²) in [5.41, 5.74) is 0.231. The molecule has 1 aromatic carbocycles. The fourth-order valence-electron chi connectivity index (χ4n) is 1.80. The molecule has 0 saturated carbocycles. The Bertz CT molecular complexity index is 537. The molecule has 1 heterocycles. The lowest BCUT2D eigenvalue weighted by Gasteiger charge is -2.12. The minimum Gasteiger partial charge on any atom is -0.396 e. The predicted octanol–water partition coefficient (Wildman–Crippen LogP) is 2.79. The van der Waals surface area contributed by atoms with E-state index in [1.54, 1.807) is 0 Å². The molecule has 5 heteroatoms. The molecule has 17 heavy (non-hydrogen) atoms. The first-order chi connectivity index (χ1) is 8.04. The third-order valence-electron chi connectivity index (χ3n) is 2.54. The zero-order valence-corrected chi connectivity index (χ0v) is 8.83. The van der Waals surface area contributed by atoms with E-state index in [1.165, 1.54) is 24.4 Å². The molecular weight excluding hydrogens is 231 g/mol. The Morgan fingerprint density at radius 1 is 1.18 bits per heavy atom. The van der Waals surface area contributed by atoms with Crippen molar-refractivity contribution in [1.29, 1.82) is 0 Å². The lowest BCUT2D eigenvalue weighted by molar-refractivity contribution is -0.136. The lowest BCUT2D eigenvalue weighted by atomic mass is 10.0. The van der Waals surface area contributed by atoms with Crippen LogP contribution in [0.1, 0.15) is 11.1 Å². The maximum atomic E-state index is 12.8. The van der Waals surface area contributed by atoms with Crippen molar-refractivity contribution in [3.05, 3.63) is 41.6 Å². The first-order valence-corrected chi connectivity index (χ1v) is 5.08. The zero-order chi connectivity index (χ0) is 12.5. The molecule has 90 valence electrons. The highest BCUT2D eigenvalue weighted by Gasteiger charge is 2.32. The standard InChI is InChI=1S/C12H10F3NO/c13-12(14,15)10-4-3-8(5-7-17)11-9(10)2-1-6-16-11/h1-4,6,17H,5,7H2. The topological polar surface area (TPSA) is 33.1 Å². The van der Waals surface area contributed by atoms with Gasteiger partial charge in [-0.2, -0.15) is 13.2 Å². The van der Waals surface area contributed by atoms with Gasteiger partial charge in [0.05, 0.1) is 11.1 Å². The number of hydrogen-bond donors (Lipinski definition) is 1. The van der Waals surface area contributed by atoms with Gasteiger partial charge in [-0.1, -0.05) is 12.1 Å². The van der Waals surface area contributed by atoms with Crippen LogP contribution < -0.4 is 0 Å². The summed E-state index contributed by atoms with van der Waals surface area (Å²) in [5, 5.41) is 8.93. The molecule has 0 bridgehead atoms. The second kappa shape index (κ2) is 4.33. The van der Waals surface area contributed by atoms with E-state index in [1.807, 2.05) is 0 Å². The Morgan fingerprint density at radius 3 is 2.59 bits per heavy atom. The van der Waals surface area contributed by atoms with E-state index < -0.39 is 11.7 Å². The third kappa shape index (κ3) is 2.24. The Labute approximate surface area is 95.7 Å². The van der Waals surface area contributed by atoms with Gasteiger partial charge in [0, 0.05) is 18.2 Å². The molecular formula is C12H10F3NO. The highest BCUT2D eigenvalue weighted by atomic mass is 19.4. The zero-order valence-electron chi connectivity index (χ0n) is 8.83. The van der Waals surface area contributed by atoms with Crippen molar-refractivity contribution in [1.82, 2.24) is 4.98 Å². The van der Waals surface area contributed by atoms with E-state index in [0.29, 0.717) is 17.5 Å². The molecule has 2 rings (SSSR count). The van der Waals surface area contributed by atoms with Crippen molar-refractivity contribution in [2.24, 2.45) is 0 Å². The number of aliphatic hydroxyl groups excluding tert-OH is 1. The highest BCUT2D eigenvalue weighted by molar-refractivity contribution is 5.85. The summed E-state index contributed by atoms with van der Waals surface area (Å²) >= 11 is 0. The van der Waals surface area contributed by atoms with Crippen LogP contribution in [0.2, 0.25) is 0 Å². The van der Waals surface area contributed by atoms with E-state index >= 15 is 0 Å². The van der Waals surface area contributed by atoms with Crippen LogP contribution in [0.15, 0.2) is 30.5 Å². The minimum absolute atomic E-state index is 0.0750. The van der Waals surface area contributed by atoms with Crippen LogP contribution in [0.25, 0.3) is 10.9 Å². The maximum absolute atomic E-state index is 12.8. The number of fused-ring (bicyclic) bond motifs is 1. The first kappa shape index (κ1) is 11.9. The summed E-state index contributed by atoms with van der Waals surface area (Å²) in [5.74, 6) is 0. The van der Waals surface area contributed by atoms with Gasteiger partial charge in [-0.25, -0.2) is 0 Å². The monoisotopic (exact) mass is 241 g/mol. The van der Waals surface area contributed by atoms with Crippen LogP contribution in [0.4, 0.5) is 13.2 Å². The van der Waals surface area contributed by atoms with Crippen molar-refractivity contribution in [3.8, 4) is 0 Å². The molecule has 0 aliphatic carbocycles. The van der Waals surface area contributed by atoms with Gasteiger partial charge >= 0.3 is 6.18 Å². The predicted molar refractivity (Wildman–Crippen MR) is 57.5 cm³/mol.